The first kappa shape index (κ1) is 34.9. The zero-order valence-electron chi connectivity index (χ0n) is 34.2. The topological polar surface area (TPSA) is 6.48 Å². The van der Waals surface area contributed by atoms with Gasteiger partial charge in [0.25, 0.3) is 0 Å². The zero-order chi connectivity index (χ0) is 40.0. The molecule has 2 nitrogen and oxygen atoms in total. The molecule has 0 aromatic heterocycles. The Balaban J connectivity index is 1.06. The standard InChI is InChI=1S/C59H46N2/c1-3-14-46(15-4-1)60(48-27-22-40-12-7-8-13-43(40)37-48)54-30-25-41-24-29-53-55(31-26-42-23-28-52(54)57(41)58(42)53)61(47-16-5-2-6-17-47)56-21-11-20-50-45-35-38-32-39(36-45)34-44(33-38)49-18-9-10-19-51(49)59(50)56/h1-31,37-39,44-45H,32-36H2. The first-order valence-corrected chi connectivity index (χ1v) is 22.4. The van der Waals surface area contributed by atoms with Crippen LogP contribution in [0.5, 0.6) is 0 Å². The van der Waals surface area contributed by atoms with Crippen LogP contribution in [-0.4, -0.2) is 0 Å². The molecule has 2 unspecified atom stereocenters. The minimum atomic E-state index is 0.582. The molecule has 0 aliphatic heterocycles. The summed E-state index contributed by atoms with van der Waals surface area (Å²) in [6, 6.07) is 73.0. The van der Waals surface area contributed by atoms with Gasteiger partial charge in [-0.3, -0.25) is 0 Å². The van der Waals surface area contributed by atoms with E-state index in [1.165, 1.54) is 109 Å². The van der Waals surface area contributed by atoms with Gasteiger partial charge in [0.1, 0.15) is 0 Å². The molecule has 2 fully saturated rings. The highest BCUT2D eigenvalue weighted by Crippen LogP contribution is 2.58. The Morgan fingerprint density at radius 3 is 1.54 bits per heavy atom. The second-order valence-electron chi connectivity index (χ2n) is 18.1. The van der Waals surface area contributed by atoms with Gasteiger partial charge in [-0.15, -0.1) is 0 Å². The van der Waals surface area contributed by atoms with Crippen LogP contribution in [0.4, 0.5) is 34.1 Å². The zero-order valence-corrected chi connectivity index (χ0v) is 34.2. The third-order valence-electron chi connectivity index (χ3n) is 14.7. The molecule has 0 spiro atoms. The summed E-state index contributed by atoms with van der Waals surface area (Å²) >= 11 is 0. The van der Waals surface area contributed by atoms with Crippen LogP contribution in [0.25, 0.3) is 54.2 Å². The number of para-hydroxylation sites is 2. The fourth-order valence-electron chi connectivity index (χ4n) is 12.3. The second-order valence-corrected chi connectivity index (χ2v) is 18.1. The fraction of sp³-hybridized carbons (Fsp3) is 0.153. The maximum atomic E-state index is 2.59. The van der Waals surface area contributed by atoms with Crippen molar-refractivity contribution in [3.8, 4) is 11.1 Å². The van der Waals surface area contributed by atoms with Crippen LogP contribution in [0.1, 0.15) is 55.1 Å². The van der Waals surface area contributed by atoms with Crippen LogP contribution < -0.4 is 9.80 Å². The molecule has 0 saturated heterocycles. The lowest BCUT2D eigenvalue weighted by Crippen LogP contribution is -2.29. The summed E-state index contributed by atoms with van der Waals surface area (Å²) in [6.07, 6.45) is 6.69. The molecular weight excluding hydrogens is 737 g/mol. The molecule has 0 radical (unpaired) electrons. The summed E-state index contributed by atoms with van der Waals surface area (Å²) in [4.78, 5) is 5.04. The first-order valence-electron chi connectivity index (χ1n) is 22.4. The number of hydrogen-bond donors (Lipinski definition) is 0. The summed E-state index contributed by atoms with van der Waals surface area (Å²) in [6.45, 7) is 0. The van der Waals surface area contributed by atoms with Crippen molar-refractivity contribution in [2.45, 2.75) is 43.9 Å². The smallest absolute Gasteiger partial charge is 0.0543 e. The summed E-state index contributed by atoms with van der Waals surface area (Å²) in [5, 5.41) is 10.1. The maximum Gasteiger partial charge on any atom is 0.0543 e. The van der Waals surface area contributed by atoms with E-state index in [0.29, 0.717) is 11.8 Å². The summed E-state index contributed by atoms with van der Waals surface area (Å²) in [7, 11) is 0. The van der Waals surface area contributed by atoms with Gasteiger partial charge in [-0.1, -0.05) is 140 Å². The van der Waals surface area contributed by atoms with E-state index in [1.54, 1.807) is 11.1 Å². The van der Waals surface area contributed by atoms with Gasteiger partial charge in [0.05, 0.1) is 17.1 Å². The molecule has 292 valence electrons. The first-order chi connectivity index (χ1) is 30.2. The highest BCUT2D eigenvalue weighted by Gasteiger charge is 2.41. The molecule has 0 heterocycles. The average Bonchev–Trinajstić information content (AvgIpc) is 3.37. The predicted molar refractivity (Wildman–Crippen MR) is 258 cm³/mol. The van der Waals surface area contributed by atoms with Crippen molar-refractivity contribution in [1.82, 2.24) is 0 Å². The van der Waals surface area contributed by atoms with Gasteiger partial charge in [-0.2, -0.15) is 0 Å². The van der Waals surface area contributed by atoms with Crippen LogP contribution in [0.15, 0.2) is 194 Å². The third-order valence-corrected chi connectivity index (χ3v) is 14.7. The highest BCUT2D eigenvalue weighted by molar-refractivity contribution is 6.28. The second kappa shape index (κ2) is 13.8. The van der Waals surface area contributed by atoms with Crippen LogP contribution in [0.3, 0.4) is 0 Å². The maximum absolute atomic E-state index is 2.59. The third kappa shape index (κ3) is 5.55. The molecule has 4 aliphatic rings. The Kier molecular flexibility index (Phi) is 7.91. The molecule has 2 saturated carbocycles. The summed E-state index contributed by atoms with van der Waals surface area (Å²) in [5.41, 5.74) is 13.1. The van der Waals surface area contributed by atoms with E-state index in [0.717, 1.165) is 23.2 Å². The lowest BCUT2D eigenvalue weighted by molar-refractivity contribution is 0.153. The van der Waals surface area contributed by atoms with Gasteiger partial charge in [-0.05, 0) is 159 Å². The lowest BCUT2D eigenvalue weighted by atomic mass is 9.63. The molecule has 0 amide bonds. The highest BCUT2D eigenvalue weighted by atomic mass is 15.2. The molecule has 4 aliphatic carbocycles. The van der Waals surface area contributed by atoms with E-state index in [9.17, 15) is 0 Å². The van der Waals surface area contributed by atoms with Gasteiger partial charge in [-0.25, -0.2) is 0 Å². The molecular formula is C59H46N2. The van der Waals surface area contributed by atoms with Gasteiger partial charge < -0.3 is 9.80 Å². The normalized spacial score (nSPS) is 19.1. The molecule has 2 atom stereocenters. The fourth-order valence-corrected chi connectivity index (χ4v) is 12.3. The molecule has 10 aromatic rings. The Labute approximate surface area is 357 Å². The van der Waals surface area contributed by atoms with Crippen molar-refractivity contribution in [2.24, 2.45) is 11.8 Å². The van der Waals surface area contributed by atoms with Gasteiger partial charge in [0.15, 0.2) is 0 Å². The summed E-state index contributed by atoms with van der Waals surface area (Å²) in [5.74, 6) is 2.84. The number of rotatable bonds is 6. The molecule has 14 rings (SSSR count). The van der Waals surface area contributed by atoms with Gasteiger partial charge in [0.2, 0.25) is 0 Å². The molecule has 61 heavy (non-hydrogen) atoms. The molecule has 10 aromatic carbocycles. The quantitative estimate of drug-likeness (QED) is 0.155. The number of fused-ring (bicyclic) bond motifs is 1. The average molecular weight is 783 g/mol. The monoisotopic (exact) mass is 782 g/mol. The Hall–Kier alpha value is -6.90. The van der Waals surface area contributed by atoms with E-state index in [1.807, 2.05) is 0 Å². The van der Waals surface area contributed by atoms with E-state index in [-0.39, 0.29) is 0 Å². The van der Waals surface area contributed by atoms with Crippen LogP contribution in [-0.2, 0) is 0 Å². The Bertz CT molecular complexity index is 3260. The van der Waals surface area contributed by atoms with E-state index >= 15 is 0 Å². The van der Waals surface area contributed by atoms with Crippen molar-refractivity contribution >= 4 is 77.2 Å². The van der Waals surface area contributed by atoms with Crippen molar-refractivity contribution in [2.75, 3.05) is 9.80 Å². The number of hydrogen-bond acceptors (Lipinski definition) is 2. The van der Waals surface area contributed by atoms with E-state index in [2.05, 4.69) is 204 Å². The van der Waals surface area contributed by atoms with Crippen molar-refractivity contribution in [3.63, 3.8) is 0 Å². The molecule has 0 N–H and O–H groups in total. The van der Waals surface area contributed by atoms with E-state index < -0.39 is 0 Å². The molecule has 2 heteroatoms. The largest absolute Gasteiger partial charge is 0.310 e. The predicted octanol–water partition coefficient (Wildman–Crippen LogP) is 16.7. The lowest BCUT2D eigenvalue weighted by Gasteiger charge is -2.42. The number of benzene rings is 10. The minimum Gasteiger partial charge on any atom is -0.310 e. The van der Waals surface area contributed by atoms with Crippen LogP contribution in [0, 0.1) is 11.8 Å². The number of nitrogens with zero attached hydrogens (tertiary/aromatic N) is 2. The van der Waals surface area contributed by atoms with Crippen LogP contribution in [0.2, 0.25) is 0 Å². The number of anilines is 6. The molecule has 4 bridgehead atoms. The van der Waals surface area contributed by atoms with Gasteiger partial charge >= 0.3 is 0 Å². The van der Waals surface area contributed by atoms with Crippen molar-refractivity contribution in [3.05, 3.63) is 205 Å². The Morgan fingerprint density at radius 1 is 0.328 bits per heavy atom. The Morgan fingerprint density at radius 2 is 0.852 bits per heavy atom. The van der Waals surface area contributed by atoms with Crippen molar-refractivity contribution in [1.29, 1.82) is 0 Å². The minimum absolute atomic E-state index is 0.582. The van der Waals surface area contributed by atoms with Crippen molar-refractivity contribution < 1.29 is 0 Å². The van der Waals surface area contributed by atoms with Crippen LogP contribution >= 0.6 is 0 Å². The summed E-state index contributed by atoms with van der Waals surface area (Å²) < 4.78 is 0. The SMILES string of the molecule is c1ccc(N(c2ccc3ccccc3c2)c2ccc3ccc4c(N(c5ccccc5)c5cccc6c5-c5ccccc5C5CC7CC(C5)CC6C7)ccc5ccc2c3c54)cc1. The van der Waals surface area contributed by atoms with E-state index in [4.69, 9.17) is 0 Å². The van der Waals surface area contributed by atoms with Gasteiger partial charge in [0, 0.05) is 33.4 Å².